The van der Waals surface area contributed by atoms with Gasteiger partial charge in [-0.25, -0.2) is 8.78 Å². The van der Waals surface area contributed by atoms with E-state index in [1.807, 2.05) is 0 Å². The second kappa shape index (κ2) is 4.09. The average molecular weight is 257 g/mol. The van der Waals surface area contributed by atoms with E-state index in [1.54, 1.807) is 0 Å². The molecule has 1 aliphatic rings. The third-order valence-corrected chi connectivity index (χ3v) is 3.31. The first-order chi connectivity index (χ1) is 8.31. The van der Waals surface area contributed by atoms with Crippen molar-refractivity contribution in [3.05, 3.63) is 23.3 Å². The molecule has 0 radical (unpaired) electrons. The van der Waals surface area contributed by atoms with Crippen LogP contribution in [0.3, 0.4) is 0 Å². The normalized spacial score (nSPS) is 17.4. The second-order valence-electron chi connectivity index (χ2n) is 4.80. The van der Waals surface area contributed by atoms with E-state index in [0.29, 0.717) is 17.1 Å². The third-order valence-electron chi connectivity index (χ3n) is 3.31. The standard InChI is InChI=1S/C13H17F2NO2/c1-12(14,15)8-6-9(13(16)4-5-13)11(18-3)10(7-8)17-2/h6-7H,4-5,16H2,1-3H3. The van der Waals surface area contributed by atoms with E-state index in [0.717, 1.165) is 19.8 Å². The van der Waals surface area contributed by atoms with E-state index in [2.05, 4.69) is 0 Å². The monoisotopic (exact) mass is 257 g/mol. The zero-order valence-electron chi connectivity index (χ0n) is 10.7. The molecule has 0 aliphatic heterocycles. The van der Waals surface area contributed by atoms with Gasteiger partial charge in [-0.2, -0.15) is 0 Å². The fourth-order valence-electron chi connectivity index (χ4n) is 1.99. The van der Waals surface area contributed by atoms with Crippen LogP contribution >= 0.6 is 0 Å². The van der Waals surface area contributed by atoms with E-state index in [-0.39, 0.29) is 5.56 Å². The highest BCUT2D eigenvalue weighted by Crippen LogP contribution is 2.50. The molecule has 100 valence electrons. The van der Waals surface area contributed by atoms with Gasteiger partial charge in [-0.1, -0.05) is 0 Å². The van der Waals surface area contributed by atoms with Crippen molar-refractivity contribution < 1.29 is 18.3 Å². The van der Waals surface area contributed by atoms with Crippen LogP contribution in [-0.4, -0.2) is 14.2 Å². The number of methoxy groups -OCH3 is 2. The average Bonchev–Trinajstić information content (AvgIpc) is 3.05. The van der Waals surface area contributed by atoms with E-state index < -0.39 is 11.5 Å². The topological polar surface area (TPSA) is 44.5 Å². The summed E-state index contributed by atoms with van der Waals surface area (Å²) in [7, 11) is 2.91. The lowest BCUT2D eigenvalue weighted by atomic mass is 9.98. The molecule has 0 saturated heterocycles. The zero-order valence-corrected chi connectivity index (χ0v) is 10.7. The van der Waals surface area contributed by atoms with Gasteiger partial charge in [0.25, 0.3) is 5.92 Å². The summed E-state index contributed by atoms with van der Waals surface area (Å²) in [6, 6.07) is 2.72. The van der Waals surface area contributed by atoms with Crippen molar-refractivity contribution in [2.24, 2.45) is 5.73 Å². The maximum absolute atomic E-state index is 13.5. The van der Waals surface area contributed by atoms with Gasteiger partial charge in [0.2, 0.25) is 0 Å². The highest BCUT2D eigenvalue weighted by molar-refractivity contribution is 5.54. The number of rotatable bonds is 4. The lowest BCUT2D eigenvalue weighted by molar-refractivity contribution is 0.0171. The number of hydrogen-bond donors (Lipinski definition) is 1. The van der Waals surface area contributed by atoms with Gasteiger partial charge in [-0.3, -0.25) is 0 Å². The summed E-state index contributed by atoms with van der Waals surface area (Å²) < 4.78 is 37.3. The van der Waals surface area contributed by atoms with Crippen LogP contribution in [0.25, 0.3) is 0 Å². The van der Waals surface area contributed by atoms with Crippen molar-refractivity contribution in [2.75, 3.05) is 14.2 Å². The van der Waals surface area contributed by atoms with Gasteiger partial charge in [0.05, 0.1) is 14.2 Å². The first kappa shape index (κ1) is 13.1. The highest BCUT2D eigenvalue weighted by Gasteiger charge is 2.44. The highest BCUT2D eigenvalue weighted by atomic mass is 19.3. The smallest absolute Gasteiger partial charge is 0.270 e. The van der Waals surface area contributed by atoms with Crippen molar-refractivity contribution >= 4 is 0 Å². The van der Waals surface area contributed by atoms with Crippen LogP contribution in [-0.2, 0) is 11.5 Å². The number of nitrogens with two attached hydrogens (primary N) is 1. The molecule has 1 aromatic rings. The van der Waals surface area contributed by atoms with Crippen LogP contribution in [0.4, 0.5) is 8.78 Å². The molecule has 0 aromatic heterocycles. The van der Waals surface area contributed by atoms with Crippen LogP contribution in [0.5, 0.6) is 11.5 Å². The van der Waals surface area contributed by atoms with Crippen LogP contribution in [0.15, 0.2) is 12.1 Å². The number of alkyl halides is 2. The Balaban J connectivity index is 2.62. The molecule has 1 saturated carbocycles. The summed E-state index contributed by atoms with van der Waals surface area (Å²) >= 11 is 0. The van der Waals surface area contributed by atoms with Gasteiger partial charge in [0, 0.05) is 23.6 Å². The largest absolute Gasteiger partial charge is 0.493 e. The van der Waals surface area contributed by atoms with Crippen LogP contribution in [0.2, 0.25) is 0 Å². The van der Waals surface area contributed by atoms with E-state index in [9.17, 15) is 8.78 Å². The minimum absolute atomic E-state index is 0.105. The lowest BCUT2D eigenvalue weighted by Crippen LogP contribution is -2.21. The summed E-state index contributed by atoms with van der Waals surface area (Å²) in [5, 5.41) is 0. The molecule has 3 nitrogen and oxygen atoms in total. The first-order valence-corrected chi connectivity index (χ1v) is 5.75. The molecule has 18 heavy (non-hydrogen) atoms. The molecule has 0 bridgehead atoms. The van der Waals surface area contributed by atoms with Gasteiger partial charge in [-0.05, 0) is 25.0 Å². The maximum atomic E-state index is 13.5. The summed E-state index contributed by atoms with van der Waals surface area (Å²) in [6.45, 7) is 0.855. The predicted molar refractivity (Wildman–Crippen MR) is 64.2 cm³/mol. The SMILES string of the molecule is COc1cc(C(C)(F)F)cc(C2(N)CC2)c1OC. The Labute approximate surface area is 105 Å². The van der Waals surface area contributed by atoms with Crippen molar-refractivity contribution in [1.29, 1.82) is 0 Å². The van der Waals surface area contributed by atoms with Gasteiger partial charge < -0.3 is 15.2 Å². The first-order valence-electron chi connectivity index (χ1n) is 5.75. The van der Waals surface area contributed by atoms with Crippen LogP contribution < -0.4 is 15.2 Å². The Hall–Kier alpha value is -1.36. The predicted octanol–water partition coefficient (Wildman–Crippen LogP) is 2.76. The maximum Gasteiger partial charge on any atom is 0.270 e. The third kappa shape index (κ3) is 2.14. The van der Waals surface area contributed by atoms with E-state index in [1.165, 1.54) is 26.4 Å². The molecule has 2 rings (SSSR count). The molecule has 0 atom stereocenters. The molecule has 1 aliphatic carbocycles. The van der Waals surface area contributed by atoms with Crippen molar-refractivity contribution in [1.82, 2.24) is 0 Å². The number of benzene rings is 1. The molecule has 1 aromatic carbocycles. The van der Waals surface area contributed by atoms with Crippen LogP contribution in [0.1, 0.15) is 30.9 Å². The molecular formula is C13H17F2NO2. The van der Waals surface area contributed by atoms with E-state index >= 15 is 0 Å². The van der Waals surface area contributed by atoms with Crippen molar-refractivity contribution in [3.63, 3.8) is 0 Å². The van der Waals surface area contributed by atoms with Crippen molar-refractivity contribution in [2.45, 2.75) is 31.2 Å². The lowest BCUT2D eigenvalue weighted by Gasteiger charge is -2.21. The fourth-order valence-corrected chi connectivity index (χ4v) is 1.99. The van der Waals surface area contributed by atoms with Gasteiger partial charge in [-0.15, -0.1) is 0 Å². The minimum Gasteiger partial charge on any atom is -0.493 e. The second-order valence-corrected chi connectivity index (χ2v) is 4.80. The van der Waals surface area contributed by atoms with Gasteiger partial charge in [0.15, 0.2) is 11.5 Å². The molecule has 0 amide bonds. The quantitative estimate of drug-likeness (QED) is 0.902. The Morgan fingerprint density at radius 3 is 2.22 bits per heavy atom. The Bertz CT molecular complexity index is 465. The fraction of sp³-hybridized carbons (Fsp3) is 0.538. The molecule has 0 heterocycles. The Kier molecular flexibility index (Phi) is 2.97. The van der Waals surface area contributed by atoms with Gasteiger partial charge >= 0.3 is 0 Å². The summed E-state index contributed by atoms with van der Waals surface area (Å²) in [5.41, 5.74) is 6.04. The number of ether oxygens (including phenoxy) is 2. The van der Waals surface area contributed by atoms with Crippen LogP contribution in [0, 0.1) is 0 Å². The molecule has 0 spiro atoms. The number of hydrogen-bond acceptors (Lipinski definition) is 3. The molecule has 2 N–H and O–H groups in total. The summed E-state index contributed by atoms with van der Waals surface area (Å²) in [5.74, 6) is -2.19. The minimum atomic E-state index is -2.93. The Morgan fingerprint density at radius 1 is 1.22 bits per heavy atom. The van der Waals surface area contributed by atoms with Gasteiger partial charge in [0.1, 0.15) is 0 Å². The molecule has 5 heteroatoms. The van der Waals surface area contributed by atoms with Crippen molar-refractivity contribution in [3.8, 4) is 11.5 Å². The van der Waals surface area contributed by atoms with E-state index in [4.69, 9.17) is 15.2 Å². The molecule has 1 fully saturated rings. The molecule has 0 unspecified atom stereocenters. The number of halogens is 2. The summed E-state index contributed by atoms with van der Waals surface area (Å²) in [4.78, 5) is 0. The summed E-state index contributed by atoms with van der Waals surface area (Å²) in [6.07, 6.45) is 1.54. The molecular weight excluding hydrogens is 240 g/mol. The zero-order chi connectivity index (χ0) is 13.6. The Morgan fingerprint density at radius 2 is 1.83 bits per heavy atom.